The molecule has 18 heavy (non-hydrogen) atoms. The third-order valence-corrected chi connectivity index (χ3v) is 5.37. The van der Waals surface area contributed by atoms with Crippen LogP contribution in [-0.4, -0.2) is 42.2 Å². The van der Waals surface area contributed by atoms with Gasteiger partial charge in [0, 0.05) is 38.9 Å². The van der Waals surface area contributed by atoms with E-state index in [2.05, 4.69) is 13.5 Å². The summed E-state index contributed by atoms with van der Waals surface area (Å²) in [4.78, 5) is 11.1. The molecule has 0 aliphatic rings. The van der Waals surface area contributed by atoms with Crippen molar-refractivity contribution in [1.82, 2.24) is 0 Å². The molecule has 0 radical (unpaired) electrons. The maximum absolute atomic E-state index is 11.1. The Bertz CT molecular complexity index is 263. The van der Waals surface area contributed by atoms with Gasteiger partial charge in [0.05, 0.1) is 6.61 Å². The molecule has 0 amide bonds. The van der Waals surface area contributed by atoms with Crippen LogP contribution in [0, 0.1) is 0 Å². The molecule has 106 valence electrons. The van der Waals surface area contributed by atoms with Crippen molar-refractivity contribution in [2.75, 3.05) is 27.4 Å². The highest BCUT2D eigenvalue weighted by atomic mass is 28.4. The second kappa shape index (κ2) is 9.27. The highest BCUT2D eigenvalue weighted by Crippen LogP contribution is 2.15. The second-order valence-corrected chi connectivity index (χ2v) is 6.93. The van der Waals surface area contributed by atoms with Crippen LogP contribution in [-0.2, 0) is 22.8 Å². The summed E-state index contributed by atoms with van der Waals surface area (Å²) in [6.07, 6.45) is 1.56. The molecule has 0 atom stereocenters. The summed E-state index contributed by atoms with van der Waals surface area (Å²) in [5.41, 5.74) is 0.402. The quantitative estimate of drug-likeness (QED) is 0.265. The van der Waals surface area contributed by atoms with E-state index >= 15 is 0 Å². The van der Waals surface area contributed by atoms with E-state index < -0.39 is 8.80 Å². The zero-order valence-electron chi connectivity index (χ0n) is 11.8. The Balaban J connectivity index is 3.87. The molecule has 0 rings (SSSR count). The topological polar surface area (TPSA) is 54.0 Å². The van der Waals surface area contributed by atoms with E-state index in [0.717, 1.165) is 12.5 Å². The summed E-state index contributed by atoms with van der Waals surface area (Å²) in [7, 11) is 0.707. The average molecular weight is 276 g/mol. The fourth-order valence-electron chi connectivity index (χ4n) is 1.36. The largest absolute Gasteiger partial charge is 0.500 e. The van der Waals surface area contributed by atoms with Crippen LogP contribution in [0.1, 0.15) is 26.7 Å². The van der Waals surface area contributed by atoms with Gasteiger partial charge in [-0.05, 0) is 6.92 Å². The van der Waals surface area contributed by atoms with E-state index in [1.807, 2.05) is 0 Å². The van der Waals surface area contributed by atoms with Gasteiger partial charge in [0.25, 0.3) is 0 Å². The maximum Gasteiger partial charge on any atom is 0.500 e. The van der Waals surface area contributed by atoms with Gasteiger partial charge < -0.3 is 18.0 Å². The van der Waals surface area contributed by atoms with Crippen LogP contribution >= 0.6 is 0 Å². The van der Waals surface area contributed by atoms with Gasteiger partial charge >= 0.3 is 14.8 Å². The molecule has 0 aromatic heterocycles. The summed E-state index contributed by atoms with van der Waals surface area (Å²) in [5, 5.41) is 0. The summed E-state index contributed by atoms with van der Waals surface area (Å²) < 4.78 is 21.4. The second-order valence-electron chi connectivity index (χ2n) is 3.96. The van der Waals surface area contributed by atoms with Crippen molar-refractivity contribution in [3.05, 3.63) is 12.2 Å². The molecule has 0 unspecified atom stereocenters. The number of ether oxygens (including phenoxy) is 1. The van der Waals surface area contributed by atoms with Gasteiger partial charge in [0.1, 0.15) is 0 Å². The number of rotatable bonds is 10. The summed E-state index contributed by atoms with van der Waals surface area (Å²) in [6, 6.07) is 0.783. The SMILES string of the molecule is C=C(C)C(=O)OCCCO[Si](CCC)(OC)OC. The van der Waals surface area contributed by atoms with Gasteiger partial charge in [-0.3, -0.25) is 0 Å². The zero-order valence-corrected chi connectivity index (χ0v) is 12.8. The van der Waals surface area contributed by atoms with Crippen molar-refractivity contribution in [3.63, 3.8) is 0 Å². The standard InChI is InChI=1S/C12H24O5Si/c1-6-10-18(14-4,15-5)17-9-7-8-16-12(13)11(2)3/h2,6-10H2,1,3-5H3. The van der Waals surface area contributed by atoms with Crippen LogP contribution in [0.5, 0.6) is 0 Å². The van der Waals surface area contributed by atoms with Crippen LogP contribution in [0.25, 0.3) is 0 Å². The Hall–Kier alpha value is -0.693. The van der Waals surface area contributed by atoms with Crippen molar-refractivity contribution in [1.29, 1.82) is 0 Å². The molecule has 0 bridgehead atoms. The molecule has 0 aliphatic carbocycles. The van der Waals surface area contributed by atoms with Gasteiger partial charge in [0.15, 0.2) is 0 Å². The van der Waals surface area contributed by atoms with Crippen LogP contribution < -0.4 is 0 Å². The normalized spacial score (nSPS) is 11.3. The van der Waals surface area contributed by atoms with Crippen molar-refractivity contribution >= 4 is 14.8 Å². The first-order valence-electron chi connectivity index (χ1n) is 6.08. The molecule has 0 N–H and O–H groups in total. The van der Waals surface area contributed by atoms with E-state index in [-0.39, 0.29) is 5.97 Å². The van der Waals surface area contributed by atoms with Crippen LogP contribution in [0.4, 0.5) is 0 Å². The van der Waals surface area contributed by atoms with E-state index in [0.29, 0.717) is 25.2 Å². The third-order valence-electron chi connectivity index (χ3n) is 2.37. The summed E-state index contributed by atoms with van der Waals surface area (Å²) in [6.45, 7) is 7.95. The molecule has 0 heterocycles. The van der Waals surface area contributed by atoms with Crippen LogP contribution in [0.3, 0.4) is 0 Å². The molecule has 0 saturated carbocycles. The first-order valence-corrected chi connectivity index (χ1v) is 8.01. The molecule has 0 spiro atoms. The molecular formula is C12H24O5Si. The van der Waals surface area contributed by atoms with Gasteiger partial charge in [-0.15, -0.1) is 0 Å². The smallest absolute Gasteiger partial charge is 0.462 e. The highest BCUT2D eigenvalue weighted by Gasteiger charge is 2.37. The minimum absolute atomic E-state index is 0.315. The minimum atomic E-state index is -2.50. The van der Waals surface area contributed by atoms with Crippen molar-refractivity contribution in [2.24, 2.45) is 0 Å². The third kappa shape index (κ3) is 6.30. The number of hydrogen-bond donors (Lipinski definition) is 0. The molecule has 0 saturated heterocycles. The monoisotopic (exact) mass is 276 g/mol. The highest BCUT2D eigenvalue weighted by molar-refractivity contribution is 6.60. The zero-order chi connectivity index (χ0) is 14.0. The Morgan fingerprint density at radius 1 is 1.22 bits per heavy atom. The summed E-state index contributed by atoms with van der Waals surface area (Å²) in [5.74, 6) is -0.370. The van der Waals surface area contributed by atoms with E-state index in [1.54, 1.807) is 21.1 Å². The Kier molecular flexibility index (Phi) is 8.91. The Morgan fingerprint density at radius 2 is 1.83 bits per heavy atom. The lowest BCUT2D eigenvalue weighted by Crippen LogP contribution is -2.44. The molecule has 5 nitrogen and oxygen atoms in total. The molecule has 6 heteroatoms. The number of esters is 1. The maximum atomic E-state index is 11.1. The van der Waals surface area contributed by atoms with Gasteiger partial charge in [-0.25, -0.2) is 4.79 Å². The number of carbonyl (C=O) groups excluding carboxylic acids is 1. The molecule has 0 aromatic carbocycles. The lowest BCUT2D eigenvalue weighted by atomic mass is 10.4. The van der Waals surface area contributed by atoms with Gasteiger partial charge in [-0.2, -0.15) is 0 Å². The predicted octanol–water partition coefficient (Wildman–Crippen LogP) is 2.15. The van der Waals surface area contributed by atoms with Crippen LogP contribution in [0.2, 0.25) is 6.04 Å². The Labute approximate surface area is 110 Å². The van der Waals surface area contributed by atoms with E-state index in [4.69, 9.17) is 18.0 Å². The van der Waals surface area contributed by atoms with Gasteiger partial charge in [-0.1, -0.05) is 19.9 Å². The fraction of sp³-hybridized carbons (Fsp3) is 0.750. The predicted molar refractivity (Wildman–Crippen MR) is 71.2 cm³/mol. The van der Waals surface area contributed by atoms with E-state index in [1.165, 1.54) is 0 Å². The lowest BCUT2D eigenvalue weighted by Gasteiger charge is -2.25. The first kappa shape index (κ1) is 17.3. The number of carbonyl (C=O) groups is 1. The van der Waals surface area contributed by atoms with Crippen molar-refractivity contribution in [2.45, 2.75) is 32.7 Å². The van der Waals surface area contributed by atoms with Gasteiger partial charge in [0.2, 0.25) is 0 Å². The van der Waals surface area contributed by atoms with E-state index in [9.17, 15) is 4.79 Å². The molecule has 0 aliphatic heterocycles. The van der Waals surface area contributed by atoms with Crippen LogP contribution in [0.15, 0.2) is 12.2 Å². The Morgan fingerprint density at radius 3 is 2.28 bits per heavy atom. The van der Waals surface area contributed by atoms with Crippen molar-refractivity contribution < 1.29 is 22.8 Å². The minimum Gasteiger partial charge on any atom is -0.462 e. The average Bonchev–Trinajstić information content (AvgIpc) is 2.36. The summed E-state index contributed by atoms with van der Waals surface area (Å²) >= 11 is 0. The molecular weight excluding hydrogens is 252 g/mol. The molecule has 0 aromatic rings. The lowest BCUT2D eigenvalue weighted by molar-refractivity contribution is -0.139. The number of hydrogen-bond acceptors (Lipinski definition) is 5. The van der Waals surface area contributed by atoms with Crippen molar-refractivity contribution in [3.8, 4) is 0 Å². The molecule has 0 fully saturated rings. The fourth-order valence-corrected chi connectivity index (χ4v) is 3.38. The first-order chi connectivity index (χ1) is 8.51.